The number of hydrogen-bond acceptors (Lipinski definition) is 1. The lowest BCUT2D eigenvalue weighted by Crippen LogP contribution is -2.03. The monoisotopic (exact) mass is 237 g/mol. The molecule has 0 radical (unpaired) electrons. The molecule has 0 aliphatic heterocycles. The maximum absolute atomic E-state index is 13.3. The smallest absolute Gasteiger partial charge is 0.149 e. The summed E-state index contributed by atoms with van der Waals surface area (Å²) < 4.78 is 39.1. The normalized spacial score (nSPS) is 10.3. The van der Waals surface area contributed by atoms with E-state index in [2.05, 4.69) is 5.32 Å². The molecule has 4 heteroatoms. The SMILES string of the molecule is Fc1ccc(CNc2c(F)cccc2F)cc1. The Balaban J connectivity index is 2.10. The lowest BCUT2D eigenvalue weighted by Gasteiger charge is -2.08. The van der Waals surface area contributed by atoms with E-state index in [1.54, 1.807) is 12.1 Å². The lowest BCUT2D eigenvalue weighted by molar-refractivity contribution is 0.588. The van der Waals surface area contributed by atoms with Crippen LogP contribution in [-0.4, -0.2) is 0 Å². The van der Waals surface area contributed by atoms with Crippen LogP contribution < -0.4 is 5.32 Å². The molecule has 0 atom stereocenters. The molecule has 0 bridgehead atoms. The molecule has 0 unspecified atom stereocenters. The molecule has 0 spiro atoms. The third-order valence-corrected chi connectivity index (χ3v) is 2.35. The fourth-order valence-electron chi connectivity index (χ4n) is 1.46. The van der Waals surface area contributed by atoms with Crippen molar-refractivity contribution in [1.82, 2.24) is 0 Å². The fraction of sp³-hybridized carbons (Fsp3) is 0.0769. The largest absolute Gasteiger partial charge is 0.376 e. The maximum atomic E-state index is 13.3. The molecule has 0 saturated heterocycles. The molecule has 0 heterocycles. The predicted octanol–water partition coefficient (Wildman–Crippen LogP) is 3.72. The van der Waals surface area contributed by atoms with Gasteiger partial charge in [0.1, 0.15) is 23.1 Å². The summed E-state index contributed by atoms with van der Waals surface area (Å²) in [6.45, 7) is 0.234. The molecule has 0 aliphatic carbocycles. The number of halogens is 3. The summed E-state index contributed by atoms with van der Waals surface area (Å²) in [6, 6.07) is 9.37. The van der Waals surface area contributed by atoms with E-state index in [4.69, 9.17) is 0 Å². The summed E-state index contributed by atoms with van der Waals surface area (Å²) in [5, 5.41) is 2.64. The van der Waals surface area contributed by atoms with Gasteiger partial charge in [-0.25, -0.2) is 13.2 Å². The zero-order valence-corrected chi connectivity index (χ0v) is 8.88. The van der Waals surface area contributed by atoms with Gasteiger partial charge in [0.05, 0.1) is 0 Å². The Kier molecular flexibility index (Phi) is 3.32. The van der Waals surface area contributed by atoms with Crippen molar-refractivity contribution in [1.29, 1.82) is 0 Å². The highest BCUT2D eigenvalue weighted by atomic mass is 19.1. The first-order chi connectivity index (χ1) is 8.16. The zero-order valence-electron chi connectivity index (χ0n) is 8.88. The highest BCUT2D eigenvalue weighted by molar-refractivity contribution is 5.46. The summed E-state index contributed by atoms with van der Waals surface area (Å²) >= 11 is 0. The Bertz CT molecular complexity index is 488. The van der Waals surface area contributed by atoms with Crippen LogP contribution in [0.2, 0.25) is 0 Å². The van der Waals surface area contributed by atoms with Gasteiger partial charge in [-0.05, 0) is 29.8 Å². The minimum atomic E-state index is -0.646. The topological polar surface area (TPSA) is 12.0 Å². The molecule has 2 rings (SSSR count). The van der Waals surface area contributed by atoms with Crippen LogP contribution >= 0.6 is 0 Å². The van der Waals surface area contributed by atoms with Crippen molar-refractivity contribution in [3.05, 3.63) is 65.5 Å². The molecule has 17 heavy (non-hydrogen) atoms. The summed E-state index contributed by atoms with van der Waals surface area (Å²) in [7, 11) is 0. The second kappa shape index (κ2) is 4.91. The van der Waals surface area contributed by atoms with Gasteiger partial charge in [-0.2, -0.15) is 0 Å². The molecule has 1 N–H and O–H groups in total. The van der Waals surface area contributed by atoms with E-state index < -0.39 is 11.6 Å². The predicted molar refractivity (Wildman–Crippen MR) is 60.1 cm³/mol. The second-order valence-electron chi connectivity index (χ2n) is 3.58. The summed E-state index contributed by atoms with van der Waals surface area (Å²) in [6.07, 6.45) is 0. The second-order valence-corrected chi connectivity index (χ2v) is 3.58. The van der Waals surface area contributed by atoms with Gasteiger partial charge in [0, 0.05) is 6.54 Å². The van der Waals surface area contributed by atoms with Crippen LogP contribution in [0.25, 0.3) is 0 Å². The van der Waals surface area contributed by atoms with Crippen LogP contribution in [-0.2, 0) is 6.54 Å². The number of rotatable bonds is 3. The number of nitrogens with one attached hydrogen (secondary N) is 1. The molecule has 88 valence electrons. The van der Waals surface area contributed by atoms with Gasteiger partial charge in [-0.15, -0.1) is 0 Å². The van der Waals surface area contributed by atoms with Gasteiger partial charge in [-0.1, -0.05) is 18.2 Å². The van der Waals surface area contributed by atoms with Crippen molar-refractivity contribution in [3.63, 3.8) is 0 Å². The Labute approximate surface area is 96.9 Å². The molecule has 0 amide bonds. The first-order valence-electron chi connectivity index (χ1n) is 5.09. The molecule has 0 aromatic heterocycles. The first-order valence-corrected chi connectivity index (χ1v) is 5.09. The molecule has 0 aliphatic rings. The average Bonchev–Trinajstić information content (AvgIpc) is 2.31. The van der Waals surface area contributed by atoms with Crippen LogP contribution in [0.5, 0.6) is 0 Å². The van der Waals surface area contributed by atoms with E-state index in [1.165, 1.54) is 30.3 Å². The van der Waals surface area contributed by atoms with Crippen molar-refractivity contribution in [3.8, 4) is 0 Å². The Morgan fingerprint density at radius 2 is 1.41 bits per heavy atom. The van der Waals surface area contributed by atoms with Gasteiger partial charge in [0.25, 0.3) is 0 Å². The van der Waals surface area contributed by atoms with Crippen LogP contribution in [0.4, 0.5) is 18.9 Å². The van der Waals surface area contributed by atoms with Gasteiger partial charge in [-0.3, -0.25) is 0 Å². The van der Waals surface area contributed by atoms with Crippen LogP contribution in [0.15, 0.2) is 42.5 Å². The van der Waals surface area contributed by atoms with Crippen LogP contribution in [0, 0.1) is 17.5 Å². The van der Waals surface area contributed by atoms with Gasteiger partial charge in [0.15, 0.2) is 0 Å². The first kappa shape index (κ1) is 11.5. The summed E-state index contributed by atoms with van der Waals surface area (Å²) in [5.74, 6) is -1.63. The number of hydrogen-bond donors (Lipinski definition) is 1. The zero-order chi connectivity index (χ0) is 12.3. The number of anilines is 1. The molecule has 2 aromatic carbocycles. The minimum absolute atomic E-state index is 0.170. The van der Waals surface area contributed by atoms with E-state index in [1.807, 2.05) is 0 Å². The van der Waals surface area contributed by atoms with Crippen molar-refractivity contribution < 1.29 is 13.2 Å². The highest BCUT2D eigenvalue weighted by Crippen LogP contribution is 2.18. The number of benzene rings is 2. The lowest BCUT2D eigenvalue weighted by atomic mass is 10.2. The van der Waals surface area contributed by atoms with E-state index in [9.17, 15) is 13.2 Å². The third-order valence-electron chi connectivity index (χ3n) is 2.35. The number of para-hydroxylation sites is 1. The van der Waals surface area contributed by atoms with Gasteiger partial charge >= 0.3 is 0 Å². The molecule has 0 saturated carbocycles. The minimum Gasteiger partial charge on any atom is -0.376 e. The highest BCUT2D eigenvalue weighted by Gasteiger charge is 2.07. The Hall–Kier alpha value is -1.97. The third kappa shape index (κ3) is 2.78. The van der Waals surface area contributed by atoms with Crippen molar-refractivity contribution >= 4 is 5.69 Å². The van der Waals surface area contributed by atoms with Crippen LogP contribution in [0.1, 0.15) is 5.56 Å². The molecular formula is C13H10F3N. The molecule has 0 fully saturated rings. The Morgan fingerprint density at radius 3 is 2.00 bits per heavy atom. The summed E-state index contributed by atoms with van der Waals surface area (Å²) in [5.41, 5.74) is 0.575. The molecule has 2 aromatic rings. The Morgan fingerprint density at radius 1 is 0.824 bits per heavy atom. The standard InChI is InChI=1S/C13H10F3N/c14-10-6-4-9(5-7-10)8-17-13-11(15)2-1-3-12(13)16/h1-7,17H,8H2. The van der Waals surface area contributed by atoms with Crippen molar-refractivity contribution in [2.75, 3.05) is 5.32 Å². The molecular weight excluding hydrogens is 227 g/mol. The maximum Gasteiger partial charge on any atom is 0.149 e. The fourth-order valence-corrected chi connectivity index (χ4v) is 1.46. The van der Waals surface area contributed by atoms with E-state index in [-0.39, 0.29) is 18.0 Å². The van der Waals surface area contributed by atoms with E-state index in [0.717, 1.165) is 5.56 Å². The summed E-state index contributed by atoms with van der Waals surface area (Å²) in [4.78, 5) is 0. The average molecular weight is 237 g/mol. The quantitative estimate of drug-likeness (QED) is 0.857. The van der Waals surface area contributed by atoms with E-state index >= 15 is 0 Å². The molecule has 1 nitrogen and oxygen atoms in total. The van der Waals surface area contributed by atoms with Gasteiger partial charge in [0.2, 0.25) is 0 Å². The van der Waals surface area contributed by atoms with E-state index in [0.29, 0.717) is 0 Å². The van der Waals surface area contributed by atoms with Crippen molar-refractivity contribution in [2.45, 2.75) is 6.54 Å². The van der Waals surface area contributed by atoms with Crippen molar-refractivity contribution in [2.24, 2.45) is 0 Å². The van der Waals surface area contributed by atoms with Gasteiger partial charge < -0.3 is 5.32 Å². The van der Waals surface area contributed by atoms with Crippen LogP contribution in [0.3, 0.4) is 0 Å².